The Balaban J connectivity index is 0.00000400. The average Bonchev–Trinajstić information content (AvgIpc) is 2.37. The van der Waals surface area contributed by atoms with E-state index in [1.165, 1.54) is 0 Å². The highest BCUT2D eigenvalue weighted by Crippen LogP contribution is 2.26. The summed E-state index contributed by atoms with van der Waals surface area (Å²) in [5, 5.41) is 5.33. The summed E-state index contributed by atoms with van der Waals surface area (Å²) in [6.07, 6.45) is 0. The van der Waals surface area contributed by atoms with Crippen molar-refractivity contribution in [3.05, 3.63) is 28.7 Å². The van der Waals surface area contributed by atoms with Crippen molar-refractivity contribution in [2.75, 3.05) is 20.1 Å². The lowest BCUT2D eigenvalue weighted by molar-refractivity contribution is -0.120. The van der Waals surface area contributed by atoms with E-state index in [4.69, 9.17) is 0 Å². The van der Waals surface area contributed by atoms with Crippen molar-refractivity contribution in [2.45, 2.75) is 23.5 Å². The van der Waals surface area contributed by atoms with Crippen molar-refractivity contribution >= 4 is 44.1 Å². The molecular weight excluding hydrogens is 380 g/mol. The number of sulfone groups is 1. The van der Waals surface area contributed by atoms with Crippen LogP contribution in [0.4, 0.5) is 0 Å². The summed E-state index contributed by atoms with van der Waals surface area (Å²) in [5.74, 6) is -0.230. The predicted molar refractivity (Wildman–Crippen MR) is 89.6 cm³/mol. The van der Waals surface area contributed by atoms with Gasteiger partial charge in [0.2, 0.25) is 5.91 Å². The number of benzene rings is 1. The number of carbonyl (C=O) groups excluding carboxylic acids is 1. The van der Waals surface area contributed by atoms with Gasteiger partial charge in [-0.25, -0.2) is 8.42 Å². The Kier molecular flexibility index (Phi) is 7.88. The Hall–Kier alpha value is -0.630. The van der Waals surface area contributed by atoms with E-state index in [0.717, 1.165) is 4.47 Å². The lowest BCUT2D eigenvalue weighted by Gasteiger charge is -2.25. The quantitative estimate of drug-likeness (QED) is 0.764. The molecule has 0 fully saturated rings. The fourth-order valence-corrected chi connectivity index (χ4v) is 3.22. The largest absolute Gasteiger partial charge is 0.353 e. The van der Waals surface area contributed by atoms with Gasteiger partial charge < -0.3 is 10.6 Å². The third-order valence-corrected chi connectivity index (χ3v) is 5.92. The Morgan fingerprint density at radius 1 is 1.24 bits per heavy atom. The molecule has 0 saturated heterocycles. The summed E-state index contributed by atoms with van der Waals surface area (Å²) in [7, 11) is -1.87. The Labute approximate surface area is 140 Å². The van der Waals surface area contributed by atoms with Crippen molar-refractivity contribution in [1.82, 2.24) is 10.6 Å². The molecular formula is C13H20BrClN2O3S. The number of nitrogens with one attached hydrogen (secondary N) is 2. The highest BCUT2D eigenvalue weighted by molar-refractivity contribution is 9.10. The molecule has 0 radical (unpaired) electrons. The van der Waals surface area contributed by atoms with Crippen LogP contribution in [0.25, 0.3) is 0 Å². The molecule has 0 aliphatic rings. The van der Waals surface area contributed by atoms with Gasteiger partial charge in [0, 0.05) is 11.0 Å². The number of hydrogen-bond donors (Lipinski definition) is 2. The standard InChI is InChI=1S/C13H19BrN2O3S.ClH/c1-13(2,9-16-12(17)8-15-3)20(18,19)11-6-4-10(14)5-7-11;/h4-7,15H,8-9H2,1-3H3,(H,16,17);1H. The van der Waals surface area contributed by atoms with Gasteiger partial charge >= 0.3 is 0 Å². The first-order chi connectivity index (χ1) is 9.20. The molecule has 0 heterocycles. The van der Waals surface area contributed by atoms with Crippen molar-refractivity contribution in [2.24, 2.45) is 0 Å². The molecule has 0 unspecified atom stereocenters. The van der Waals surface area contributed by atoms with E-state index in [-0.39, 0.29) is 36.3 Å². The van der Waals surface area contributed by atoms with E-state index in [0.29, 0.717) is 0 Å². The number of likely N-dealkylation sites (N-methyl/N-ethyl adjacent to an activating group) is 1. The maximum atomic E-state index is 12.6. The maximum Gasteiger partial charge on any atom is 0.233 e. The maximum absolute atomic E-state index is 12.6. The zero-order chi connectivity index (χ0) is 15.4. The number of amides is 1. The average molecular weight is 400 g/mol. The minimum atomic E-state index is -3.52. The van der Waals surface area contributed by atoms with Gasteiger partial charge in [-0.2, -0.15) is 0 Å². The third kappa shape index (κ3) is 5.25. The zero-order valence-corrected chi connectivity index (χ0v) is 15.4. The molecule has 0 aliphatic carbocycles. The smallest absolute Gasteiger partial charge is 0.233 e. The predicted octanol–water partition coefficient (Wildman–Crippen LogP) is 1.76. The Morgan fingerprint density at radius 3 is 2.24 bits per heavy atom. The van der Waals surface area contributed by atoms with E-state index in [2.05, 4.69) is 26.6 Å². The molecule has 1 amide bonds. The van der Waals surface area contributed by atoms with Crippen LogP contribution in [0.15, 0.2) is 33.6 Å². The van der Waals surface area contributed by atoms with Crippen molar-refractivity contribution in [3.8, 4) is 0 Å². The fourth-order valence-electron chi connectivity index (χ4n) is 1.56. The summed E-state index contributed by atoms with van der Waals surface area (Å²) in [6.45, 7) is 3.42. The highest BCUT2D eigenvalue weighted by Gasteiger charge is 2.35. The van der Waals surface area contributed by atoms with Gasteiger partial charge in [0.05, 0.1) is 16.2 Å². The van der Waals surface area contributed by atoms with Crippen LogP contribution in [0.3, 0.4) is 0 Å². The number of halogens is 2. The molecule has 8 heteroatoms. The molecule has 120 valence electrons. The summed E-state index contributed by atoms with van der Waals surface area (Å²) in [4.78, 5) is 11.7. The van der Waals surface area contributed by atoms with E-state index in [1.807, 2.05) is 0 Å². The van der Waals surface area contributed by atoms with Gasteiger partial charge in [-0.15, -0.1) is 12.4 Å². The minimum absolute atomic E-state index is 0. The van der Waals surface area contributed by atoms with Crippen LogP contribution in [0.1, 0.15) is 13.8 Å². The molecule has 1 rings (SSSR count). The van der Waals surface area contributed by atoms with E-state index < -0.39 is 14.6 Å². The molecule has 0 aromatic heterocycles. The van der Waals surface area contributed by atoms with Crippen LogP contribution in [0.2, 0.25) is 0 Å². The second-order valence-electron chi connectivity index (χ2n) is 5.02. The van der Waals surface area contributed by atoms with E-state index in [9.17, 15) is 13.2 Å². The Bertz CT molecular complexity index is 574. The normalized spacial score (nSPS) is 11.6. The van der Waals surface area contributed by atoms with Gasteiger partial charge in [0.15, 0.2) is 9.84 Å². The number of carbonyl (C=O) groups is 1. The molecule has 1 aromatic rings. The summed E-state index contributed by atoms with van der Waals surface area (Å²) in [5.41, 5.74) is 0. The molecule has 0 bridgehead atoms. The van der Waals surface area contributed by atoms with Crippen LogP contribution in [0.5, 0.6) is 0 Å². The lowest BCUT2D eigenvalue weighted by Crippen LogP contribution is -2.46. The third-order valence-electron chi connectivity index (χ3n) is 2.90. The van der Waals surface area contributed by atoms with Crippen molar-refractivity contribution < 1.29 is 13.2 Å². The first-order valence-corrected chi connectivity index (χ1v) is 8.40. The minimum Gasteiger partial charge on any atom is -0.353 e. The highest BCUT2D eigenvalue weighted by atomic mass is 79.9. The van der Waals surface area contributed by atoms with Crippen LogP contribution < -0.4 is 10.6 Å². The summed E-state index contributed by atoms with van der Waals surface area (Å²) in [6, 6.07) is 6.47. The summed E-state index contributed by atoms with van der Waals surface area (Å²) >= 11 is 3.27. The topological polar surface area (TPSA) is 75.3 Å². The SMILES string of the molecule is CNCC(=O)NCC(C)(C)S(=O)(=O)c1ccc(Br)cc1.Cl. The van der Waals surface area contributed by atoms with Gasteiger partial charge in [-0.05, 0) is 45.2 Å². The molecule has 0 spiro atoms. The van der Waals surface area contributed by atoms with Crippen LogP contribution >= 0.6 is 28.3 Å². The van der Waals surface area contributed by atoms with Crippen LogP contribution in [-0.2, 0) is 14.6 Å². The van der Waals surface area contributed by atoms with Crippen LogP contribution in [0, 0.1) is 0 Å². The number of rotatable bonds is 6. The second kappa shape index (κ2) is 8.12. The second-order valence-corrected chi connectivity index (χ2v) is 8.52. The van der Waals surface area contributed by atoms with Gasteiger partial charge in [-0.1, -0.05) is 15.9 Å². The molecule has 5 nitrogen and oxygen atoms in total. The molecule has 0 atom stereocenters. The summed E-state index contributed by atoms with van der Waals surface area (Å²) < 4.78 is 24.8. The molecule has 0 saturated carbocycles. The van der Waals surface area contributed by atoms with Gasteiger partial charge in [0.25, 0.3) is 0 Å². The number of hydrogen-bond acceptors (Lipinski definition) is 4. The first kappa shape index (κ1) is 20.4. The van der Waals surface area contributed by atoms with Gasteiger partial charge in [-0.3, -0.25) is 4.79 Å². The molecule has 2 N–H and O–H groups in total. The van der Waals surface area contributed by atoms with Crippen LogP contribution in [-0.4, -0.2) is 39.2 Å². The monoisotopic (exact) mass is 398 g/mol. The first-order valence-electron chi connectivity index (χ1n) is 6.12. The van der Waals surface area contributed by atoms with Crippen molar-refractivity contribution in [3.63, 3.8) is 0 Å². The lowest BCUT2D eigenvalue weighted by atomic mass is 10.2. The van der Waals surface area contributed by atoms with Gasteiger partial charge in [0.1, 0.15) is 0 Å². The zero-order valence-electron chi connectivity index (χ0n) is 12.1. The van der Waals surface area contributed by atoms with E-state index in [1.54, 1.807) is 45.2 Å². The molecule has 1 aromatic carbocycles. The van der Waals surface area contributed by atoms with Crippen molar-refractivity contribution in [1.29, 1.82) is 0 Å². The Morgan fingerprint density at radius 2 is 1.76 bits per heavy atom. The molecule has 21 heavy (non-hydrogen) atoms. The van der Waals surface area contributed by atoms with E-state index >= 15 is 0 Å². The molecule has 0 aliphatic heterocycles. The fraction of sp³-hybridized carbons (Fsp3) is 0.462.